The maximum absolute atomic E-state index is 2.62. The Kier molecular flexibility index (Phi) is 14.1. The van der Waals surface area contributed by atoms with Gasteiger partial charge in [-0.25, -0.2) is 0 Å². The van der Waals surface area contributed by atoms with Crippen molar-refractivity contribution in [2.45, 2.75) is 134 Å². The van der Waals surface area contributed by atoms with Crippen LogP contribution in [-0.4, -0.2) is 10.9 Å². The second-order valence-corrected chi connectivity index (χ2v) is 16.9. The largest absolute Gasteiger partial charge is 0.342 e. The van der Waals surface area contributed by atoms with Crippen LogP contribution in [0, 0.1) is 18.3 Å². The van der Waals surface area contributed by atoms with Gasteiger partial charge in [0.2, 0.25) is 0 Å². The highest BCUT2D eigenvalue weighted by atomic mass is 15.2. The maximum Gasteiger partial charge on any atom is 0.0522 e. The molecule has 2 aliphatic carbocycles. The van der Waals surface area contributed by atoms with E-state index in [1.807, 2.05) is 0 Å². The molecule has 0 amide bonds. The Morgan fingerprint density at radius 3 is 2.29 bits per heavy atom. The number of hydrogen-bond acceptors (Lipinski definition) is 1. The smallest absolute Gasteiger partial charge is 0.0522 e. The first-order chi connectivity index (χ1) is 26.4. The second-order valence-electron chi connectivity index (χ2n) is 16.9. The lowest BCUT2D eigenvalue weighted by Gasteiger charge is -2.37. The lowest BCUT2D eigenvalue weighted by Crippen LogP contribution is -2.33. The molecule has 0 bridgehead atoms. The molecular weight excluding hydrogens is 663 g/mol. The molecule has 5 rings (SSSR count). The van der Waals surface area contributed by atoms with E-state index in [0.717, 1.165) is 38.5 Å². The monoisotopic (exact) mass is 732 g/mol. The van der Waals surface area contributed by atoms with Crippen molar-refractivity contribution in [3.63, 3.8) is 0 Å². The van der Waals surface area contributed by atoms with E-state index in [0.29, 0.717) is 11.8 Å². The molecule has 0 radical (unpaired) electrons. The van der Waals surface area contributed by atoms with Crippen molar-refractivity contribution < 1.29 is 0 Å². The van der Waals surface area contributed by atoms with Gasteiger partial charge in [0.05, 0.1) is 6.04 Å². The van der Waals surface area contributed by atoms with Crippen LogP contribution in [0.15, 0.2) is 131 Å². The van der Waals surface area contributed by atoms with E-state index in [9.17, 15) is 0 Å². The zero-order valence-electron chi connectivity index (χ0n) is 36.3. The fourth-order valence-corrected chi connectivity index (χ4v) is 9.11. The topological polar surface area (TPSA) is 3.24 Å². The first-order valence-corrected chi connectivity index (χ1v) is 21.3. The van der Waals surface area contributed by atoms with E-state index < -0.39 is 0 Å². The van der Waals surface area contributed by atoms with Crippen molar-refractivity contribution in [2.75, 3.05) is 0 Å². The first kappa shape index (κ1) is 41.8. The Morgan fingerprint density at radius 1 is 0.909 bits per heavy atom. The molecule has 0 fully saturated rings. The van der Waals surface area contributed by atoms with Crippen molar-refractivity contribution in [3.8, 4) is 0 Å². The summed E-state index contributed by atoms with van der Waals surface area (Å²) in [7, 11) is 0. The SMILES string of the molecule is C/C=C\C(CC)=C(\CC)C(C)N(C1=CC=CCC1)/C(C)=C/C=C(CC)/C(CC)=c1\ccc2c(C3C=CC=C[C@@H]3C)c(/C=C\C(C)(C)C)cc3ccc(C)c1c32. The Bertz CT molecular complexity index is 2190. The third kappa shape index (κ3) is 9.20. The number of nitrogens with zero attached hydrogens (tertiary/aromatic N) is 1. The molecule has 0 spiro atoms. The molecule has 0 N–H and O–H groups in total. The van der Waals surface area contributed by atoms with Crippen LogP contribution in [0.1, 0.15) is 137 Å². The number of rotatable bonds is 13. The molecule has 1 nitrogen and oxygen atoms in total. The van der Waals surface area contributed by atoms with Crippen molar-refractivity contribution in [2.24, 2.45) is 11.3 Å². The van der Waals surface area contributed by atoms with E-state index in [1.165, 1.54) is 77.1 Å². The van der Waals surface area contributed by atoms with Gasteiger partial charge in [0.25, 0.3) is 0 Å². The predicted molar refractivity (Wildman–Crippen MR) is 246 cm³/mol. The molecule has 0 heterocycles. The molecular formula is C54H69N. The number of allylic oxidation sites excluding steroid dienone is 16. The molecule has 0 saturated heterocycles. The van der Waals surface area contributed by atoms with Crippen LogP contribution >= 0.6 is 0 Å². The summed E-state index contributed by atoms with van der Waals surface area (Å²) in [4.78, 5) is 2.62. The molecule has 3 aromatic carbocycles. The van der Waals surface area contributed by atoms with Gasteiger partial charge in [-0.2, -0.15) is 0 Å². The average Bonchev–Trinajstić information content (AvgIpc) is 3.17. The highest BCUT2D eigenvalue weighted by Crippen LogP contribution is 2.42. The summed E-state index contributed by atoms with van der Waals surface area (Å²) in [6.07, 6.45) is 36.4. The molecule has 0 saturated carbocycles. The van der Waals surface area contributed by atoms with Crippen molar-refractivity contribution in [1.29, 1.82) is 0 Å². The highest BCUT2D eigenvalue weighted by Gasteiger charge is 2.25. The van der Waals surface area contributed by atoms with E-state index >= 15 is 0 Å². The minimum atomic E-state index is 0.104. The van der Waals surface area contributed by atoms with Gasteiger partial charge in [0, 0.05) is 17.3 Å². The molecule has 55 heavy (non-hydrogen) atoms. The summed E-state index contributed by atoms with van der Waals surface area (Å²) in [5, 5.41) is 6.92. The van der Waals surface area contributed by atoms with Gasteiger partial charge in [0.15, 0.2) is 0 Å². The van der Waals surface area contributed by atoms with Crippen LogP contribution in [0.2, 0.25) is 0 Å². The predicted octanol–water partition coefficient (Wildman–Crippen LogP) is 15.3. The average molecular weight is 732 g/mol. The zero-order chi connectivity index (χ0) is 39.9. The van der Waals surface area contributed by atoms with Gasteiger partial charge in [-0.3, -0.25) is 0 Å². The fourth-order valence-electron chi connectivity index (χ4n) is 9.11. The van der Waals surface area contributed by atoms with E-state index in [2.05, 4.69) is 197 Å². The van der Waals surface area contributed by atoms with E-state index in [1.54, 1.807) is 0 Å². The minimum Gasteiger partial charge on any atom is -0.342 e. The number of hydrogen-bond donors (Lipinski definition) is 0. The number of aryl methyl sites for hydroxylation is 1. The first-order valence-electron chi connectivity index (χ1n) is 21.3. The Labute approximate surface area is 335 Å². The van der Waals surface area contributed by atoms with Crippen molar-refractivity contribution >= 4 is 33.2 Å². The summed E-state index contributed by atoms with van der Waals surface area (Å²) >= 11 is 0. The molecule has 2 aliphatic rings. The minimum absolute atomic E-state index is 0.104. The second kappa shape index (κ2) is 18.5. The lowest BCUT2D eigenvalue weighted by molar-refractivity contribution is 0.349. The third-order valence-corrected chi connectivity index (χ3v) is 11.9. The van der Waals surface area contributed by atoms with Gasteiger partial charge in [-0.1, -0.05) is 146 Å². The molecule has 2 unspecified atom stereocenters. The Morgan fingerprint density at radius 2 is 1.67 bits per heavy atom. The van der Waals surface area contributed by atoms with Gasteiger partial charge < -0.3 is 4.90 Å². The van der Waals surface area contributed by atoms with E-state index in [4.69, 9.17) is 0 Å². The highest BCUT2D eigenvalue weighted by molar-refractivity contribution is 6.14. The van der Waals surface area contributed by atoms with Crippen molar-refractivity contribution in [1.82, 2.24) is 4.90 Å². The molecule has 0 aliphatic heterocycles. The zero-order valence-corrected chi connectivity index (χ0v) is 36.3. The number of benzene rings is 3. The van der Waals surface area contributed by atoms with E-state index in [-0.39, 0.29) is 11.5 Å². The summed E-state index contributed by atoms with van der Waals surface area (Å²) in [5.74, 6) is 0.755. The normalized spacial score (nSPS) is 19.9. The van der Waals surface area contributed by atoms with Gasteiger partial charge in [-0.15, -0.1) is 0 Å². The maximum atomic E-state index is 2.62. The van der Waals surface area contributed by atoms with Crippen LogP contribution in [0.25, 0.3) is 33.2 Å². The molecule has 1 heteroatoms. The van der Waals surface area contributed by atoms with Crippen molar-refractivity contribution in [3.05, 3.63) is 153 Å². The van der Waals surface area contributed by atoms with Gasteiger partial charge in [-0.05, 0) is 162 Å². The summed E-state index contributed by atoms with van der Waals surface area (Å²) < 4.78 is 0. The lowest BCUT2D eigenvalue weighted by atomic mass is 9.77. The molecule has 290 valence electrons. The fraction of sp³-hybridized carbons (Fsp3) is 0.407. The van der Waals surface area contributed by atoms with Gasteiger partial charge >= 0.3 is 0 Å². The summed E-state index contributed by atoms with van der Waals surface area (Å²) in [6.45, 7) is 27.7. The Balaban J connectivity index is 1.74. The summed E-state index contributed by atoms with van der Waals surface area (Å²) in [5.41, 5.74) is 12.8. The standard InChI is InChI=1S/C54H69N/c1-13-23-41(14-2)46(16-4)40(9)55(45-25-19-18-20-26-45)39(8)29-31-42(15-3)47(17-5)49-32-33-50-52(48-27-22-21-24-37(48)6)44(34-35-54(10,11)12)36-43-30-28-38(7)51(49)53(43)50/h13,18-19,21-25,27-37,40,48H,14-17,20,26H2,1-12H3/b23-13-,35-34-,39-29+,42-31+,46-41-,49-47+/t37-,40?,48?/m0/s1. The van der Waals surface area contributed by atoms with Crippen LogP contribution in [-0.2, 0) is 0 Å². The molecule has 0 aromatic heterocycles. The Hall–Kier alpha value is -4.36. The molecule has 3 aromatic rings. The van der Waals surface area contributed by atoms with Gasteiger partial charge in [0.1, 0.15) is 0 Å². The van der Waals surface area contributed by atoms with Crippen LogP contribution in [0.3, 0.4) is 0 Å². The van der Waals surface area contributed by atoms with Crippen LogP contribution < -0.4 is 5.22 Å². The molecule has 3 atom stereocenters. The summed E-state index contributed by atoms with van der Waals surface area (Å²) in [6, 6.07) is 12.4. The van der Waals surface area contributed by atoms with Crippen LogP contribution in [0.5, 0.6) is 0 Å². The third-order valence-electron chi connectivity index (χ3n) is 11.9. The van der Waals surface area contributed by atoms with Crippen LogP contribution in [0.4, 0.5) is 0 Å². The quantitative estimate of drug-likeness (QED) is 0.158.